The summed E-state index contributed by atoms with van der Waals surface area (Å²) in [6.07, 6.45) is 5.43. The molecule has 0 aromatic rings. The Bertz CT molecular complexity index is 329. The van der Waals surface area contributed by atoms with Gasteiger partial charge < -0.3 is 0 Å². The van der Waals surface area contributed by atoms with Gasteiger partial charge in [0, 0.05) is 12.3 Å². The summed E-state index contributed by atoms with van der Waals surface area (Å²) < 4.78 is 0. The molecule has 1 saturated heterocycles. The lowest BCUT2D eigenvalue weighted by Crippen LogP contribution is -2.50. The van der Waals surface area contributed by atoms with E-state index in [1.54, 1.807) is 0 Å². The smallest absolute Gasteiger partial charge is 0.230 e. The second-order valence-corrected chi connectivity index (χ2v) is 6.57. The first-order chi connectivity index (χ1) is 8.49. The Morgan fingerprint density at radius 1 is 1.11 bits per heavy atom. The SMILES string of the molecule is CC1CCC(C2CC(=O)NC(=O)C2C(C)C)CC1. The lowest BCUT2D eigenvalue weighted by atomic mass is 9.66. The van der Waals surface area contributed by atoms with Gasteiger partial charge in [-0.15, -0.1) is 0 Å². The average molecular weight is 251 g/mol. The molecule has 2 fully saturated rings. The van der Waals surface area contributed by atoms with Crippen LogP contribution in [0.15, 0.2) is 0 Å². The molecule has 0 aromatic carbocycles. The quantitative estimate of drug-likeness (QED) is 0.767. The van der Waals surface area contributed by atoms with Gasteiger partial charge in [-0.05, 0) is 36.5 Å². The third-order valence-electron chi connectivity index (χ3n) is 4.83. The lowest BCUT2D eigenvalue weighted by Gasteiger charge is -2.40. The van der Waals surface area contributed by atoms with Crippen LogP contribution in [0, 0.1) is 29.6 Å². The van der Waals surface area contributed by atoms with Crippen LogP contribution in [0.5, 0.6) is 0 Å². The topological polar surface area (TPSA) is 46.2 Å². The molecule has 3 heteroatoms. The fourth-order valence-corrected chi connectivity index (χ4v) is 3.78. The highest BCUT2D eigenvalue weighted by Crippen LogP contribution is 2.41. The van der Waals surface area contributed by atoms with Gasteiger partial charge in [-0.2, -0.15) is 0 Å². The molecule has 2 aliphatic rings. The van der Waals surface area contributed by atoms with Crippen LogP contribution in [-0.4, -0.2) is 11.8 Å². The Morgan fingerprint density at radius 3 is 2.28 bits per heavy atom. The first-order valence-electron chi connectivity index (χ1n) is 7.32. The largest absolute Gasteiger partial charge is 0.296 e. The molecule has 1 aliphatic carbocycles. The van der Waals surface area contributed by atoms with Crippen molar-refractivity contribution in [2.45, 2.75) is 52.9 Å². The fourth-order valence-electron chi connectivity index (χ4n) is 3.78. The number of nitrogens with one attached hydrogen (secondary N) is 1. The van der Waals surface area contributed by atoms with E-state index < -0.39 is 0 Å². The van der Waals surface area contributed by atoms with Crippen molar-refractivity contribution < 1.29 is 9.59 Å². The number of carbonyl (C=O) groups excluding carboxylic acids is 2. The molecule has 2 amide bonds. The molecule has 102 valence electrons. The molecule has 0 radical (unpaired) electrons. The second-order valence-electron chi connectivity index (χ2n) is 6.57. The highest BCUT2D eigenvalue weighted by atomic mass is 16.2. The third-order valence-corrected chi connectivity index (χ3v) is 4.83. The van der Waals surface area contributed by atoms with E-state index in [9.17, 15) is 9.59 Å². The molecule has 0 bridgehead atoms. The number of amides is 2. The predicted molar refractivity (Wildman–Crippen MR) is 70.7 cm³/mol. The molecule has 2 rings (SSSR count). The molecular formula is C15H25NO2. The van der Waals surface area contributed by atoms with Gasteiger partial charge in [0.05, 0.1) is 0 Å². The van der Waals surface area contributed by atoms with Crippen molar-refractivity contribution in [2.24, 2.45) is 29.6 Å². The van der Waals surface area contributed by atoms with Gasteiger partial charge in [-0.1, -0.05) is 33.6 Å². The summed E-state index contributed by atoms with van der Waals surface area (Å²) in [6, 6.07) is 0. The first-order valence-corrected chi connectivity index (χ1v) is 7.32. The zero-order chi connectivity index (χ0) is 13.3. The Morgan fingerprint density at radius 2 is 1.72 bits per heavy atom. The maximum Gasteiger partial charge on any atom is 0.230 e. The molecular weight excluding hydrogens is 226 g/mol. The maximum absolute atomic E-state index is 12.0. The zero-order valence-corrected chi connectivity index (χ0v) is 11.7. The highest BCUT2D eigenvalue weighted by Gasteiger charge is 2.42. The molecule has 1 aliphatic heterocycles. The number of rotatable bonds is 2. The summed E-state index contributed by atoms with van der Waals surface area (Å²) in [7, 11) is 0. The highest BCUT2D eigenvalue weighted by molar-refractivity contribution is 5.99. The minimum Gasteiger partial charge on any atom is -0.296 e. The Hall–Kier alpha value is -0.860. The summed E-state index contributed by atoms with van der Waals surface area (Å²) in [5.74, 6) is 1.91. The van der Waals surface area contributed by atoms with E-state index in [4.69, 9.17) is 0 Å². The van der Waals surface area contributed by atoms with E-state index in [-0.39, 0.29) is 23.7 Å². The normalized spacial score (nSPS) is 37.8. The standard InChI is InChI=1S/C15H25NO2/c1-9(2)14-12(8-13(17)16-15(14)18)11-6-4-10(3)5-7-11/h9-12,14H,4-8H2,1-3H3,(H,16,17,18). The average Bonchev–Trinajstić information content (AvgIpc) is 2.28. The number of carbonyl (C=O) groups is 2. The number of piperidine rings is 1. The van der Waals surface area contributed by atoms with Crippen LogP contribution in [0.4, 0.5) is 0 Å². The number of hydrogen-bond acceptors (Lipinski definition) is 2. The Balaban J connectivity index is 2.11. The molecule has 18 heavy (non-hydrogen) atoms. The van der Waals surface area contributed by atoms with Crippen molar-refractivity contribution in [3.63, 3.8) is 0 Å². The second kappa shape index (κ2) is 5.41. The monoisotopic (exact) mass is 251 g/mol. The van der Waals surface area contributed by atoms with E-state index in [1.165, 1.54) is 25.7 Å². The summed E-state index contributed by atoms with van der Waals surface area (Å²) >= 11 is 0. The molecule has 2 unspecified atom stereocenters. The molecule has 0 spiro atoms. The first kappa shape index (κ1) is 13.6. The predicted octanol–water partition coefficient (Wildman–Crippen LogP) is 2.75. The summed E-state index contributed by atoms with van der Waals surface area (Å²) in [4.78, 5) is 23.7. The van der Waals surface area contributed by atoms with Crippen LogP contribution in [-0.2, 0) is 9.59 Å². The maximum atomic E-state index is 12.0. The van der Waals surface area contributed by atoms with Gasteiger partial charge in [0.25, 0.3) is 0 Å². The number of hydrogen-bond donors (Lipinski definition) is 1. The molecule has 1 N–H and O–H groups in total. The summed E-state index contributed by atoms with van der Waals surface area (Å²) in [5.41, 5.74) is 0. The number of imide groups is 1. The Kier molecular flexibility index (Phi) is 4.08. The molecule has 1 heterocycles. The van der Waals surface area contributed by atoms with Crippen molar-refractivity contribution in [3.05, 3.63) is 0 Å². The van der Waals surface area contributed by atoms with Crippen molar-refractivity contribution in [2.75, 3.05) is 0 Å². The van der Waals surface area contributed by atoms with Gasteiger partial charge in [0.15, 0.2) is 0 Å². The molecule has 1 saturated carbocycles. The van der Waals surface area contributed by atoms with E-state index in [2.05, 4.69) is 26.1 Å². The summed E-state index contributed by atoms with van der Waals surface area (Å²) in [6.45, 7) is 6.49. The lowest BCUT2D eigenvalue weighted by molar-refractivity contribution is -0.142. The molecule has 2 atom stereocenters. The van der Waals surface area contributed by atoms with Crippen LogP contribution in [0.1, 0.15) is 52.9 Å². The van der Waals surface area contributed by atoms with Crippen LogP contribution >= 0.6 is 0 Å². The third kappa shape index (κ3) is 2.76. The summed E-state index contributed by atoms with van der Waals surface area (Å²) in [5, 5.41) is 2.51. The van der Waals surface area contributed by atoms with E-state index in [1.807, 2.05) is 0 Å². The minimum atomic E-state index is -0.0690. The van der Waals surface area contributed by atoms with Crippen LogP contribution < -0.4 is 5.32 Å². The molecule has 3 nitrogen and oxygen atoms in total. The van der Waals surface area contributed by atoms with Crippen molar-refractivity contribution >= 4 is 11.8 Å². The fraction of sp³-hybridized carbons (Fsp3) is 0.867. The van der Waals surface area contributed by atoms with Gasteiger partial charge in [0.2, 0.25) is 11.8 Å². The Labute approximate surface area is 110 Å². The van der Waals surface area contributed by atoms with Crippen molar-refractivity contribution in [1.82, 2.24) is 5.32 Å². The van der Waals surface area contributed by atoms with Crippen molar-refractivity contribution in [1.29, 1.82) is 0 Å². The van der Waals surface area contributed by atoms with Gasteiger partial charge >= 0.3 is 0 Å². The van der Waals surface area contributed by atoms with E-state index in [0.29, 0.717) is 18.3 Å². The molecule has 0 aromatic heterocycles. The van der Waals surface area contributed by atoms with Crippen LogP contribution in [0.2, 0.25) is 0 Å². The zero-order valence-electron chi connectivity index (χ0n) is 11.7. The van der Waals surface area contributed by atoms with Gasteiger partial charge in [0.1, 0.15) is 0 Å². The van der Waals surface area contributed by atoms with Gasteiger partial charge in [-0.25, -0.2) is 0 Å². The minimum absolute atomic E-state index is 0.0288. The van der Waals surface area contributed by atoms with Crippen LogP contribution in [0.3, 0.4) is 0 Å². The van der Waals surface area contributed by atoms with E-state index in [0.717, 1.165) is 5.92 Å². The van der Waals surface area contributed by atoms with E-state index >= 15 is 0 Å². The van der Waals surface area contributed by atoms with Gasteiger partial charge in [-0.3, -0.25) is 14.9 Å². The van der Waals surface area contributed by atoms with Crippen LogP contribution in [0.25, 0.3) is 0 Å². The van der Waals surface area contributed by atoms with Crippen molar-refractivity contribution in [3.8, 4) is 0 Å².